The molecule has 3 fully saturated rings. The molecule has 1 aliphatic heterocycles. The maximum atomic E-state index is 14.1. The number of nitrogens with zero attached hydrogens (tertiary/aromatic N) is 2. The molecule has 26 heavy (non-hydrogen) atoms. The Morgan fingerprint density at radius 1 is 1.35 bits per heavy atom. The van der Waals surface area contributed by atoms with E-state index in [4.69, 9.17) is 5.73 Å². The smallest absolute Gasteiger partial charge is 0.314 e. The van der Waals surface area contributed by atoms with Crippen LogP contribution in [-0.4, -0.2) is 41.4 Å². The summed E-state index contributed by atoms with van der Waals surface area (Å²) in [5.74, 6) is -4.24. The molecule has 0 aromatic rings. The summed E-state index contributed by atoms with van der Waals surface area (Å²) in [6.07, 6.45) is 2.46. The van der Waals surface area contributed by atoms with Crippen molar-refractivity contribution in [3.05, 3.63) is 0 Å². The fourth-order valence-electron chi connectivity index (χ4n) is 4.30. The second-order valence-corrected chi connectivity index (χ2v) is 8.20. The lowest BCUT2D eigenvalue weighted by atomic mass is 9.83. The molecule has 1 saturated heterocycles. The van der Waals surface area contributed by atoms with Crippen molar-refractivity contribution in [1.29, 1.82) is 5.26 Å². The van der Waals surface area contributed by atoms with Crippen LogP contribution in [-0.2, 0) is 4.79 Å². The van der Waals surface area contributed by atoms with E-state index < -0.39 is 35.7 Å². The number of halogens is 2. The van der Waals surface area contributed by atoms with Crippen LogP contribution >= 0.6 is 0 Å². The number of primary amides is 1. The lowest BCUT2D eigenvalue weighted by Crippen LogP contribution is -2.45. The van der Waals surface area contributed by atoms with Gasteiger partial charge in [0.15, 0.2) is 0 Å². The van der Waals surface area contributed by atoms with Crippen LogP contribution in [0.4, 0.5) is 13.6 Å². The highest BCUT2D eigenvalue weighted by molar-refractivity contribution is 5.81. The Kier molecular flexibility index (Phi) is 4.62. The molecule has 2 atom stereocenters. The minimum Gasteiger partial charge on any atom is -0.351 e. The number of nitriles is 1. The van der Waals surface area contributed by atoms with Gasteiger partial charge in [0.05, 0.1) is 6.07 Å². The zero-order valence-corrected chi connectivity index (χ0v) is 15.1. The predicted octanol–water partition coefficient (Wildman–Crippen LogP) is 2.39. The van der Waals surface area contributed by atoms with Crippen LogP contribution in [0.2, 0.25) is 0 Å². The molecule has 3 rings (SSSR count). The Morgan fingerprint density at radius 2 is 1.96 bits per heavy atom. The number of nitrogens with two attached hydrogens (primary N) is 1. The number of urea groups is 1. The maximum Gasteiger partial charge on any atom is 0.314 e. The Balaban J connectivity index is 1.70. The van der Waals surface area contributed by atoms with Crippen LogP contribution in [0.1, 0.15) is 51.9 Å². The lowest BCUT2D eigenvalue weighted by molar-refractivity contribution is -0.131. The van der Waals surface area contributed by atoms with Gasteiger partial charge in [-0.05, 0) is 43.4 Å². The number of alkyl halides is 2. The van der Waals surface area contributed by atoms with E-state index in [9.17, 15) is 23.6 Å². The molecule has 2 aliphatic carbocycles. The first-order valence-corrected chi connectivity index (χ1v) is 9.31. The number of piperidine rings is 1. The summed E-state index contributed by atoms with van der Waals surface area (Å²) in [7, 11) is 0. The Hall–Kier alpha value is -1.91. The number of hydrogen-bond acceptors (Lipinski definition) is 3. The summed E-state index contributed by atoms with van der Waals surface area (Å²) in [5, 5.41) is 11.9. The summed E-state index contributed by atoms with van der Waals surface area (Å²) < 4.78 is 28.2. The fourth-order valence-corrected chi connectivity index (χ4v) is 4.30. The summed E-state index contributed by atoms with van der Waals surface area (Å²) in [4.78, 5) is 25.6. The summed E-state index contributed by atoms with van der Waals surface area (Å²) in [6, 6.07) is 1.62. The topological polar surface area (TPSA) is 99.2 Å². The fraction of sp³-hybridized carbons (Fsp3) is 0.833. The third-order valence-electron chi connectivity index (χ3n) is 6.51. The first-order chi connectivity index (χ1) is 12.2. The van der Waals surface area contributed by atoms with Crippen LogP contribution in [0.25, 0.3) is 0 Å². The molecule has 3 amide bonds. The summed E-state index contributed by atoms with van der Waals surface area (Å²) in [6.45, 7) is 2.43. The second kappa shape index (κ2) is 6.36. The number of amides is 3. The minimum absolute atomic E-state index is 0.121. The number of nitrogens with one attached hydrogen (secondary N) is 1. The molecule has 3 N–H and O–H groups in total. The van der Waals surface area contributed by atoms with Crippen LogP contribution < -0.4 is 11.1 Å². The lowest BCUT2D eigenvalue weighted by Gasteiger charge is -2.33. The van der Waals surface area contributed by atoms with Crippen molar-refractivity contribution in [3.63, 3.8) is 0 Å². The van der Waals surface area contributed by atoms with E-state index in [-0.39, 0.29) is 17.8 Å². The normalized spacial score (nSPS) is 26.7. The van der Waals surface area contributed by atoms with Crippen molar-refractivity contribution in [2.45, 2.75) is 63.3 Å². The highest BCUT2D eigenvalue weighted by atomic mass is 19.3. The molecule has 0 bridgehead atoms. The van der Waals surface area contributed by atoms with Gasteiger partial charge < -0.3 is 16.0 Å². The molecule has 6 nitrogen and oxygen atoms in total. The summed E-state index contributed by atoms with van der Waals surface area (Å²) >= 11 is 0. The SMILES string of the molecule is CCC(F)(F)C[C@H](C(=O)NC1(C#N)CC1)C1CC12CCN(C(N)=O)CC2. The monoisotopic (exact) mass is 368 g/mol. The molecule has 8 heteroatoms. The molecule has 1 heterocycles. The average Bonchev–Trinajstić information content (AvgIpc) is 3.51. The number of carbonyl (C=O) groups excluding carboxylic acids is 2. The number of carbonyl (C=O) groups is 2. The van der Waals surface area contributed by atoms with Crippen molar-refractivity contribution < 1.29 is 18.4 Å². The molecular formula is C18H26F2N4O2. The van der Waals surface area contributed by atoms with Crippen molar-refractivity contribution in [3.8, 4) is 6.07 Å². The molecule has 2 saturated carbocycles. The minimum atomic E-state index is -2.90. The first-order valence-electron chi connectivity index (χ1n) is 9.31. The van der Waals surface area contributed by atoms with Crippen LogP contribution in [0.3, 0.4) is 0 Å². The number of rotatable bonds is 6. The van der Waals surface area contributed by atoms with Crippen molar-refractivity contribution in [2.24, 2.45) is 23.0 Å². The van der Waals surface area contributed by atoms with Gasteiger partial charge in [-0.2, -0.15) is 5.26 Å². The molecule has 1 spiro atoms. The highest BCUT2D eigenvalue weighted by Gasteiger charge is 2.61. The van der Waals surface area contributed by atoms with Crippen LogP contribution in [0.15, 0.2) is 0 Å². The second-order valence-electron chi connectivity index (χ2n) is 8.20. The average molecular weight is 368 g/mol. The number of hydrogen-bond donors (Lipinski definition) is 2. The van der Waals surface area contributed by atoms with Gasteiger partial charge in [-0.15, -0.1) is 0 Å². The Labute approximate surface area is 152 Å². The standard InChI is InChI=1S/C18H26F2N4O2/c1-2-18(19,20)9-12(14(25)23-17(11-21)3-4-17)13-10-16(13)5-7-24(8-6-16)15(22)26/h12-13H,2-10H2,1H3,(H2,22,26)(H,23,25)/t12-,13?/m0/s1. The van der Waals surface area contributed by atoms with E-state index in [0.717, 1.165) is 6.42 Å². The largest absolute Gasteiger partial charge is 0.351 e. The van der Waals surface area contributed by atoms with E-state index >= 15 is 0 Å². The van der Waals surface area contributed by atoms with Gasteiger partial charge in [0.1, 0.15) is 5.54 Å². The van der Waals surface area contributed by atoms with Gasteiger partial charge in [-0.3, -0.25) is 4.79 Å². The zero-order valence-electron chi connectivity index (χ0n) is 15.1. The van der Waals surface area contributed by atoms with Gasteiger partial charge in [-0.1, -0.05) is 6.92 Å². The van der Waals surface area contributed by atoms with Gasteiger partial charge in [0.2, 0.25) is 11.8 Å². The quantitative estimate of drug-likeness (QED) is 0.753. The Morgan fingerprint density at radius 3 is 2.42 bits per heavy atom. The van der Waals surface area contributed by atoms with Crippen LogP contribution in [0, 0.1) is 28.6 Å². The first kappa shape index (κ1) is 18.9. The van der Waals surface area contributed by atoms with E-state index in [2.05, 4.69) is 11.4 Å². The van der Waals surface area contributed by atoms with Gasteiger partial charge in [0.25, 0.3) is 0 Å². The van der Waals surface area contributed by atoms with E-state index in [1.54, 1.807) is 4.90 Å². The molecule has 0 aromatic heterocycles. The molecule has 0 aromatic carbocycles. The van der Waals surface area contributed by atoms with Crippen LogP contribution in [0.5, 0.6) is 0 Å². The molecule has 3 aliphatic rings. The van der Waals surface area contributed by atoms with E-state index in [0.29, 0.717) is 38.8 Å². The zero-order chi connectivity index (χ0) is 19.2. The highest BCUT2D eigenvalue weighted by Crippen LogP contribution is 2.64. The van der Waals surface area contributed by atoms with Crippen molar-refractivity contribution in [1.82, 2.24) is 10.2 Å². The Bertz CT molecular complexity index is 634. The van der Waals surface area contributed by atoms with Gasteiger partial charge >= 0.3 is 6.03 Å². The van der Waals surface area contributed by atoms with Crippen molar-refractivity contribution >= 4 is 11.9 Å². The van der Waals surface area contributed by atoms with E-state index in [1.807, 2.05) is 0 Å². The third-order valence-corrected chi connectivity index (χ3v) is 6.51. The predicted molar refractivity (Wildman–Crippen MR) is 90.0 cm³/mol. The molecule has 144 valence electrons. The van der Waals surface area contributed by atoms with E-state index in [1.165, 1.54) is 6.92 Å². The van der Waals surface area contributed by atoms with Gasteiger partial charge in [-0.25, -0.2) is 13.6 Å². The molecular weight excluding hydrogens is 342 g/mol. The van der Waals surface area contributed by atoms with Gasteiger partial charge in [0, 0.05) is 31.8 Å². The third kappa shape index (κ3) is 3.62. The molecule has 1 unspecified atom stereocenters. The summed E-state index contributed by atoms with van der Waals surface area (Å²) in [5.41, 5.74) is 4.30. The molecule has 0 radical (unpaired) electrons. The van der Waals surface area contributed by atoms with Crippen molar-refractivity contribution in [2.75, 3.05) is 13.1 Å². The number of likely N-dealkylation sites (tertiary alicyclic amines) is 1. The maximum absolute atomic E-state index is 14.1.